The molecule has 0 saturated carbocycles. The van der Waals surface area contributed by atoms with E-state index in [1.54, 1.807) is 0 Å². The van der Waals surface area contributed by atoms with Crippen molar-refractivity contribution in [3.63, 3.8) is 0 Å². The Morgan fingerprint density at radius 3 is 3.00 bits per heavy atom. The zero-order valence-electron chi connectivity index (χ0n) is 10.8. The highest BCUT2D eigenvalue weighted by Gasteiger charge is 2.18. The summed E-state index contributed by atoms with van der Waals surface area (Å²) in [5, 5.41) is 3.60. The summed E-state index contributed by atoms with van der Waals surface area (Å²) >= 11 is 0. The van der Waals surface area contributed by atoms with E-state index in [1.807, 2.05) is 0 Å². The monoisotopic (exact) mass is 246 g/mol. The van der Waals surface area contributed by atoms with E-state index in [-0.39, 0.29) is 5.91 Å². The van der Waals surface area contributed by atoms with E-state index in [9.17, 15) is 4.79 Å². The molecule has 0 fully saturated rings. The van der Waals surface area contributed by atoms with Crippen molar-refractivity contribution in [2.45, 2.75) is 44.6 Å². The van der Waals surface area contributed by atoms with Gasteiger partial charge in [-0.3, -0.25) is 4.79 Å². The van der Waals surface area contributed by atoms with Crippen LogP contribution in [0.1, 0.15) is 49.3 Å². The Balaban J connectivity index is 1.79. The van der Waals surface area contributed by atoms with Gasteiger partial charge in [0.1, 0.15) is 0 Å². The van der Waals surface area contributed by atoms with Crippen LogP contribution in [-0.2, 0) is 11.2 Å². The molecular formula is C15H22N2O. The molecular weight excluding hydrogens is 224 g/mol. The number of rotatable bonds is 6. The van der Waals surface area contributed by atoms with Gasteiger partial charge in [0.2, 0.25) is 5.91 Å². The molecule has 3 nitrogen and oxygen atoms in total. The van der Waals surface area contributed by atoms with Crippen LogP contribution in [0.3, 0.4) is 0 Å². The van der Waals surface area contributed by atoms with Crippen LogP contribution < -0.4 is 11.1 Å². The van der Waals surface area contributed by atoms with E-state index < -0.39 is 0 Å². The second-order valence-corrected chi connectivity index (χ2v) is 5.02. The molecule has 1 aromatic rings. The van der Waals surface area contributed by atoms with E-state index in [2.05, 4.69) is 29.6 Å². The van der Waals surface area contributed by atoms with E-state index >= 15 is 0 Å². The summed E-state index contributed by atoms with van der Waals surface area (Å²) < 4.78 is 0. The molecule has 1 atom stereocenters. The third-order valence-corrected chi connectivity index (χ3v) is 3.61. The van der Waals surface area contributed by atoms with Crippen LogP contribution in [-0.4, -0.2) is 12.5 Å². The van der Waals surface area contributed by atoms with E-state index in [0.29, 0.717) is 12.5 Å². The normalized spacial score (nSPS) is 18.3. The number of nitrogens with two attached hydrogens (primary N) is 1. The molecule has 3 heteroatoms. The number of aryl methyl sites for hydroxylation is 1. The predicted octanol–water partition coefficient (Wildman–Crippen LogP) is 2.31. The van der Waals surface area contributed by atoms with Crippen LogP contribution in [0.4, 0.5) is 0 Å². The number of nitrogens with one attached hydrogen (secondary N) is 1. The minimum Gasteiger partial charge on any atom is -0.370 e. The van der Waals surface area contributed by atoms with Crippen molar-refractivity contribution < 1.29 is 4.79 Å². The van der Waals surface area contributed by atoms with Crippen molar-refractivity contribution in [3.8, 4) is 0 Å². The molecule has 0 saturated heterocycles. The Labute approximate surface area is 109 Å². The fourth-order valence-electron chi connectivity index (χ4n) is 2.67. The minimum atomic E-state index is -0.196. The third kappa shape index (κ3) is 3.57. The zero-order chi connectivity index (χ0) is 12.8. The lowest BCUT2D eigenvalue weighted by atomic mass is 9.88. The van der Waals surface area contributed by atoms with Crippen LogP contribution in [0.15, 0.2) is 24.3 Å². The quantitative estimate of drug-likeness (QED) is 0.757. The Hall–Kier alpha value is -1.35. The molecule has 0 aromatic heterocycles. The largest absolute Gasteiger partial charge is 0.370 e. The van der Waals surface area contributed by atoms with Gasteiger partial charge in [0, 0.05) is 12.5 Å². The third-order valence-electron chi connectivity index (χ3n) is 3.61. The maximum Gasteiger partial charge on any atom is 0.217 e. The summed E-state index contributed by atoms with van der Waals surface area (Å²) in [6, 6.07) is 9.19. The maximum atomic E-state index is 10.6. The highest BCUT2D eigenvalue weighted by molar-refractivity contribution is 5.73. The summed E-state index contributed by atoms with van der Waals surface area (Å²) in [6.45, 7) is 0.965. The van der Waals surface area contributed by atoms with Crippen LogP contribution in [0.2, 0.25) is 0 Å². The predicted molar refractivity (Wildman–Crippen MR) is 73.2 cm³/mol. The molecule has 0 heterocycles. The number of fused-ring (bicyclic) bond motifs is 1. The maximum absolute atomic E-state index is 10.6. The van der Waals surface area contributed by atoms with E-state index in [0.717, 1.165) is 19.4 Å². The van der Waals surface area contributed by atoms with Crippen molar-refractivity contribution in [1.82, 2.24) is 5.32 Å². The summed E-state index contributed by atoms with van der Waals surface area (Å²) in [5.74, 6) is -0.196. The minimum absolute atomic E-state index is 0.196. The number of hydrogen-bond donors (Lipinski definition) is 2. The number of benzene rings is 1. The first kappa shape index (κ1) is 13.1. The standard InChI is InChI=1S/C15H22N2O/c16-15(18)10-3-4-11-17-14-9-5-7-12-6-1-2-8-13(12)14/h1-2,6,8,14,17H,3-5,7,9-11H2,(H2,16,18). The highest BCUT2D eigenvalue weighted by Crippen LogP contribution is 2.29. The average Bonchev–Trinajstić information content (AvgIpc) is 2.38. The van der Waals surface area contributed by atoms with Crippen molar-refractivity contribution in [2.75, 3.05) is 6.54 Å². The van der Waals surface area contributed by atoms with Crippen molar-refractivity contribution in [2.24, 2.45) is 5.73 Å². The molecule has 2 rings (SSSR count). The molecule has 0 bridgehead atoms. The number of carbonyl (C=O) groups is 1. The first-order valence-corrected chi connectivity index (χ1v) is 6.87. The van der Waals surface area contributed by atoms with Crippen LogP contribution in [0.5, 0.6) is 0 Å². The van der Waals surface area contributed by atoms with Crippen molar-refractivity contribution in [3.05, 3.63) is 35.4 Å². The molecule has 1 unspecified atom stereocenters. The molecule has 1 aromatic carbocycles. The zero-order valence-corrected chi connectivity index (χ0v) is 10.8. The van der Waals surface area contributed by atoms with E-state index in [4.69, 9.17) is 5.73 Å². The molecule has 1 aliphatic rings. The van der Waals surface area contributed by atoms with Crippen molar-refractivity contribution in [1.29, 1.82) is 0 Å². The molecule has 0 aliphatic heterocycles. The van der Waals surface area contributed by atoms with E-state index in [1.165, 1.54) is 30.4 Å². The summed E-state index contributed by atoms with van der Waals surface area (Å²) in [4.78, 5) is 10.6. The van der Waals surface area contributed by atoms with Gasteiger partial charge in [0.15, 0.2) is 0 Å². The second kappa shape index (κ2) is 6.55. The van der Waals surface area contributed by atoms with Gasteiger partial charge in [-0.25, -0.2) is 0 Å². The van der Waals surface area contributed by atoms with Gasteiger partial charge in [-0.2, -0.15) is 0 Å². The molecule has 0 spiro atoms. The lowest BCUT2D eigenvalue weighted by Gasteiger charge is -2.26. The van der Waals surface area contributed by atoms with Gasteiger partial charge in [-0.1, -0.05) is 24.3 Å². The smallest absolute Gasteiger partial charge is 0.217 e. The average molecular weight is 246 g/mol. The van der Waals surface area contributed by atoms with Crippen LogP contribution in [0.25, 0.3) is 0 Å². The lowest BCUT2D eigenvalue weighted by molar-refractivity contribution is -0.118. The Kier molecular flexibility index (Phi) is 4.76. The SMILES string of the molecule is NC(=O)CCCCNC1CCCc2ccccc21. The van der Waals surface area contributed by atoms with Crippen molar-refractivity contribution >= 4 is 5.91 Å². The fraction of sp³-hybridized carbons (Fsp3) is 0.533. The summed E-state index contributed by atoms with van der Waals surface area (Å²) in [6.07, 6.45) is 6.08. The van der Waals surface area contributed by atoms with Crippen LogP contribution in [0, 0.1) is 0 Å². The fourth-order valence-corrected chi connectivity index (χ4v) is 2.67. The molecule has 0 radical (unpaired) electrons. The second-order valence-electron chi connectivity index (χ2n) is 5.02. The summed E-state index contributed by atoms with van der Waals surface area (Å²) in [7, 11) is 0. The number of carbonyl (C=O) groups excluding carboxylic acids is 1. The van der Waals surface area contributed by atoms with Gasteiger partial charge in [0.25, 0.3) is 0 Å². The number of hydrogen-bond acceptors (Lipinski definition) is 2. The molecule has 1 amide bonds. The first-order valence-electron chi connectivity index (χ1n) is 6.87. The van der Waals surface area contributed by atoms with Gasteiger partial charge in [-0.15, -0.1) is 0 Å². The Morgan fingerprint density at radius 2 is 2.17 bits per heavy atom. The van der Waals surface area contributed by atoms with Gasteiger partial charge in [-0.05, 0) is 49.8 Å². The van der Waals surface area contributed by atoms with Gasteiger partial charge < -0.3 is 11.1 Å². The first-order chi connectivity index (χ1) is 8.77. The number of unbranched alkanes of at least 4 members (excludes halogenated alkanes) is 1. The Morgan fingerprint density at radius 1 is 1.33 bits per heavy atom. The van der Waals surface area contributed by atoms with Gasteiger partial charge in [0.05, 0.1) is 0 Å². The van der Waals surface area contributed by atoms with Crippen LogP contribution >= 0.6 is 0 Å². The molecule has 18 heavy (non-hydrogen) atoms. The molecule has 1 aliphatic carbocycles. The topological polar surface area (TPSA) is 55.1 Å². The number of primary amides is 1. The summed E-state index contributed by atoms with van der Waals surface area (Å²) in [5.41, 5.74) is 8.06. The Bertz CT molecular complexity index is 403. The molecule has 98 valence electrons. The van der Waals surface area contributed by atoms with Gasteiger partial charge >= 0.3 is 0 Å². The molecule has 3 N–H and O–H groups in total. The lowest BCUT2D eigenvalue weighted by Crippen LogP contribution is -2.26. The number of amides is 1. The highest BCUT2D eigenvalue weighted by atomic mass is 16.1.